The molecule has 1 amide bonds. The van der Waals surface area contributed by atoms with Crippen LogP contribution in [0.4, 0.5) is 4.39 Å². The molecule has 3 nitrogen and oxygen atoms in total. The van der Waals surface area contributed by atoms with Crippen molar-refractivity contribution in [2.45, 2.75) is 0 Å². The number of amides is 1. The summed E-state index contributed by atoms with van der Waals surface area (Å²) in [5, 5.41) is 0. The summed E-state index contributed by atoms with van der Waals surface area (Å²) in [6, 6.07) is 13.4. The molecule has 0 aliphatic heterocycles. The summed E-state index contributed by atoms with van der Waals surface area (Å²) in [6.45, 7) is 0.788. The normalized spacial score (nSPS) is 10.2. The van der Waals surface area contributed by atoms with E-state index in [0.717, 1.165) is 5.75 Å². The van der Waals surface area contributed by atoms with E-state index in [4.69, 9.17) is 4.74 Å². The van der Waals surface area contributed by atoms with Crippen LogP contribution in [-0.2, 0) is 0 Å². The largest absolute Gasteiger partial charge is 0.492 e. The molecule has 0 saturated carbocycles. The second-order valence-corrected chi connectivity index (χ2v) is 5.37. The second-order valence-electron chi connectivity index (χ2n) is 4.51. The molecule has 110 valence electrons. The molecule has 0 fully saturated rings. The second kappa shape index (κ2) is 7.22. The monoisotopic (exact) mass is 351 g/mol. The van der Waals surface area contributed by atoms with Crippen LogP contribution in [0.15, 0.2) is 53.0 Å². The molecule has 2 rings (SSSR count). The molecule has 0 radical (unpaired) electrons. The summed E-state index contributed by atoms with van der Waals surface area (Å²) in [7, 11) is 1.66. The highest BCUT2D eigenvalue weighted by Crippen LogP contribution is 2.19. The topological polar surface area (TPSA) is 29.5 Å². The SMILES string of the molecule is CN(CCOc1ccccc1)C(=O)c1cc(F)ccc1Br. The van der Waals surface area contributed by atoms with Gasteiger partial charge in [0.2, 0.25) is 0 Å². The maximum absolute atomic E-state index is 13.2. The van der Waals surface area contributed by atoms with Crippen LogP contribution in [0.2, 0.25) is 0 Å². The molecule has 0 bridgehead atoms. The van der Waals surface area contributed by atoms with E-state index in [2.05, 4.69) is 15.9 Å². The van der Waals surface area contributed by atoms with Crippen LogP contribution < -0.4 is 4.74 Å². The van der Waals surface area contributed by atoms with Crippen molar-refractivity contribution in [3.05, 3.63) is 64.4 Å². The lowest BCUT2D eigenvalue weighted by molar-refractivity contribution is 0.0772. The minimum atomic E-state index is -0.435. The molecule has 0 atom stereocenters. The molecule has 0 aromatic heterocycles. The molecular weight excluding hydrogens is 337 g/mol. The molecule has 5 heteroatoms. The minimum absolute atomic E-state index is 0.252. The van der Waals surface area contributed by atoms with Crippen molar-refractivity contribution >= 4 is 21.8 Å². The number of benzene rings is 2. The number of rotatable bonds is 5. The van der Waals surface area contributed by atoms with Crippen LogP contribution in [0.1, 0.15) is 10.4 Å². The smallest absolute Gasteiger partial charge is 0.254 e. The van der Waals surface area contributed by atoms with Crippen molar-refractivity contribution in [1.29, 1.82) is 0 Å². The van der Waals surface area contributed by atoms with Crippen molar-refractivity contribution in [1.82, 2.24) is 4.90 Å². The number of likely N-dealkylation sites (N-methyl/N-ethyl adjacent to an activating group) is 1. The Balaban J connectivity index is 1.92. The van der Waals surface area contributed by atoms with Crippen molar-refractivity contribution in [3.63, 3.8) is 0 Å². The van der Waals surface area contributed by atoms with Gasteiger partial charge in [-0.3, -0.25) is 4.79 Å². The lowest BCUT2D eigenvalue weighted by Crippen LogP contribution is -2.31. The Morgan fingerprint density at radius 1 is 1.24 bits per heavy atom. The van der Waals surface area contributed by atoms with Gasteiger partial charge >= 0.3 is 0 Å². The fourth-order valence-corrected chi connectivity index (χ4v) is 2.20. The molecule has 0 saturated heterocycles. The Morgan fingerprint density at radius 3 is 2.67 bits per heavy atom. The number of ether oxygens (including phenoxy) is 1. The van der Waals surface area contributed by atoms with E-state index in [9.17, 15) is 9.18 Å². The lowest BCUT2D eigenvalue weighted by Gasteiger charge is -2.18. The number of hydrogen-bond donors (Lipinski definition) is 0. The Hall–Kier alpha value is -1.88. The molecule has 0 spiro atoms. The quantitative estimate of drug-likeness (QED) is 0.821. The highest BCUT2D eigenvalue weighted by Gasteiger charge is 2.15. The van der Waals surface area contributed by atoms with Crippen LogP contribution in [-0.4, -0.2) is 31.0 Å². The molecule has 0 N–H and O–H groups in total. The third-order valence-electron chi connectivity index (χ3n) is 2.94. The van der Waals surface area contributed by atoms with Gasteiger partial charge in [0.1, 0.15) is 18.2 Å². The van der Waals surface area contributed by atoms with Gasteiger partial charge in [0.05, 0.1) is 12.1 Å². The van der Waals surface area contributed by atoms with Crippen molar-refractivity contribution in [3.8, 4) is 5.75 Å². The van der Waals surface area contributed by atoms with Gasteiger partial charge in [-0.2, -0.15) is 0 Å². The van der Waals surface area contributed by atoms with Crippen molar-refractivity contribution in [2.75, 3.05) is 20.2 Å². The molecule has 21 heavy (non-hydrogen) atoms. The molecule has 0 aliphatic rings. The van der Waals surface area contributed by atoms with Gasteiger partial charge in [0.25, 0.3) is 5.91 Å². The molecular formula is C16H15BrFNO2. The average Bonchev–Trinajstić information content (AvgIpc) is 2.50. The first kappa shape index (κ1) is 15.5. The zero-order valence-corrected chi connectivity index (χ0v) is 13.1. The van der Waals surface area contributed by atoms with Gasteiger partial charge in [-0.1, -0.05) is 18.2 Å². The molecule has 0 aliphatic carbocycles. The van der Waals surface area contributed by atoms with Crippen LogP contribution in [0.25, 0.3) is 0 Å². The average molecular weight is 352 g/mol. The molecule has 2 aromatic rings. The van der Waals surface area contributed by atoms with Crippen LogP contribution in [0.5, 0.6) is 5.75 Å². The Bertz CT molecular complexity index is 619. The summed E-state index contributed by atoms with van der Waals surface area (Å²) < 4.78 is 19.3. The molecule has 2 aromatic carbocycles. The van der Waals surface area contributed by atoms with Gasteiger partial charge in [0.15, 0.2) is 0 Å². The first-order valence-electron chi connectivity index (χ1n) is 6.46. The zero-order valence-electron chi connectivity index (χ0n) is 11.6. The zero-order chi connectivity index (χ0) is 15.2. The van der Waals surface area contributed by atoms with Crippen LogP contribution in [0.3, 0.4) is 0 Å². The Kier molecular flexibility index (Phi) is 5.33. The first-order valence-corrected chi connectivity index (χ1v) is 7.25. The van der Waals surface area contributed by atoms with Gasteiger partial charge in [-0.15, -0.1) is 0 Å². The predicted octanol–water partition coefficient (Wildman–Crippen LogP) is 3.74. The summed E-state index contributed by atoms with van der Waals surface area (Å²) in [5.74, 6) is 0.0683. The Morgan fingerprint density at radius 2 is 1.95 bits per heavy atom. The fourth-order valence-electron chi connectivity index (χ4n) is 1.79. The van der Waals surface area contributed by atoms with Crippen LogP contribution in [0, 0.1) is 5.82 Å². The van der Waals surface area contributed by atoms with Crippen molar-refractivity contribution < 1.29 is 13.9 Å². The Labute approximate surface area is 131 Å². The summed E-state index contributed by atoms with van der Waals surface area (Å²) in [5.41, 5.74) is 0.303. The van der Waals surface area contributed by atoms with E-state index < -0.39 is 5.82 Å². The predicted molar refractivity (Wildman–Crippen MR) is 83.0 cm³/mol. The third kappa shape index (κ3) is 4.29. The number of nitrogens with zero attached hydrogens (tertiary/aromatic N) is 1. The lowest BCUT2D eigenvalue weighted by atomic mass is 10.2. The number of para-hydroxylation sites is 1. The number of carbonyl (C=O) groups is 1. The van der Waals surface area contributed by atoms with E-state index in [0.29, 0.717) is 23.2 Å². The maximum atomic E-state index is 13.2. The van der Waals surface area contributed by atoms with E-state index >= 15 is 0 Å². The van der Waals surface area contributed by atoms with E-state index in [-0.39, 0.29) is 5.91 Å². The summed E-state index contributed by atoms with van der Waals surface area (Å²) in [6.07, 6.45) is 0. The van der Waals surface area contributed by atoms with E-state index in [1.54, 1.807) is 7.05 Å². The number of carbonyl (C=O) groups excluding carboxylic acids is 1. The van der Waals surface area contributed by atoms with Gasteiger partial charge < -0.3 is 9.64 Å². The number of hydrogen-bond acceptors (Lipinski definition) is 2. The van der Waals surface area contributed by atoms with Crippen LogP contribution >= 0.6 is 15.9 Å². The molecule has 0 unspecified atom stereocenters. The van der Waals surface area contributed by atoms with Crippen molar-refractivity contribution in [2.24, 2.45) is 0 Å². The number of halogens is 2. The minimum Gasteiger partial charge on any atom is -0.492 e. The summed E-state index contributed by atoms with van der Waals surface area (Å²) in [4.78, 5) is 13.7. The standard InChI is InChI=1S/C16H15BrFNO2/c1-19(9-10-21-13-5-3-2-4-6-13)16(20)14-11-12(18)7-8-15(14)17/h2-8,11H,9-10H2,1H3. The maximum Gasteiger partial charge on any atom is 0.254 e. The van der Waals surface area contributed by atoms with E-state index in [1.807, 2.05) is 30.3 Å². The third-order valence-corrected chi connectivity index (χ3v) is 3.64. The fraction of sp³-hybridized carbons (Fsp3) is 0.188. The summed E-state index contributed by atoms with van der Waals surface area (Å²) >= 11 is 3.26. The van der Waals surface area contributed by atoms with Gasteiger partial charge in [-0.05, 0) is 46.3 Å². The van der Waals surface area contributed by atoms with Gasteiger partial charge in [-0.25, -0.2) is 4.39 Å². The highest BCUT2D eigenvalue weighted by molar-refractivity contribution is 9.10. The van der Waals surface area contributed by atoms with E-state index in [1.165, 1.54) is 23.1 Å². The molecule has 0 heterocycles. The van der Waals surface area contributed by atoms with Gasteiger partial charge in [0, 0.05) is 11.5 Å². The highest BCUT2D eigenvalue weighted by atomic mass is 79.9. The first-order chi connectivity index (χ1) is 10.1.